The van der Waals surface area contributed by atoms with Crippen LogP contribution < -0.4 is 5.32 Å². The SMILES string of the molecule is CNC(c1c(Br)cnn1C)C1Cc2ccccc2C1. The smallest absolute Gasteiger partial charge is 0.0695 e. The molecule has 1 aromatic heterocycles. The molecule has 0 amide bonds. The summed E-state index contributed by atoms with van der Waals surface area (Å²) in [6.07, 6.45) is 4.15. The molecule has 0 bridgehead atoms. The normalized spacial score (nSPS) is 16.6. The summed E-state index contributed by atoms with van der Waals surface area (Å²) < 4.78 is 3.05. The molecule has 100 valence electrons. The lowest BCUT2D eigenvalue weighted by atomic mass is 9.94. The van der Waals surface area contributed by atoms with Gasteiger partial charge in [-0.3, -0.25) is 4.68 Å². The van der Waals surface area contributed by atoms with E-state index in [1.54, 1.807) is 0 Å². The van der Waals surface area contributed by atoms with E-state index in [0.717, 1.165) is 17.3 Å². The maximum absolute atomic E-state index is 4.34. The first-order valence-corrected chi connectivity index (χ1v) is 7.41. The molecule has 3 rings (SSSR count). The van der Waals surface area contributed by atoms with E-state index in [1.165, 1.54) is 16.8 Å². The number of nitrogens with zero attached hydrogens (tertiary/aromatic N) is 2. The van der Waals surface area contributed by atoms with Crippen molar-refractivity contribution in [2.45, 2.75) is 18.9 Å². The highest BCUT2D eigenvalue weighted by Crippen LogP contribution is 2.37. The van der Waals surface area contributed by atoms with Gasteiger partial charge in [-0.1, -0.05) is 24.3 Å². The van der Waals surface area contributed by atoms with E-state index in [4.69, 9.17) is 0 Å². The highest BCUT2D eigenvalue weighted by Gasteiger charge is 2.31. The molecular formula is C15H18BrN3. The van der Waals surface area contributed by atoms with Crippen LogP contribution in [-0.4, -0.2) is 16.8 Å². The second-order valence-corrected chi connectivity index (χ2v) is 6.06. The second kappa shape index (κ2) is 5.10. The highest BCUT2D eigenvalue weighted by atomic mass is 79.9. The summed E-state index contributed by atoms with van der Waals surface area (Å²) in [5, 5.41) is 7.81. The monoisotopic (exact) mass is 319 g/mol. The van der Waals surface area contributed by atoms with Crippen molar-refractivity contribution in [3.63, 3.8) is 0 Å². The first-order chi connectivity index (χ1) is 9.20. The van der Waals surface area contributed by atoms with Crippen LogP contribution in [0.5, 0.6) is 0 Å². The van der Waals surface area contributed by atoms with Crippen molar-refractivity contribution in [3.8, 4) is 0 Å². The quantitative estimate of drug-likeness (QED) is 0.942. The zero-order valence-corrected chi connectivity index (χ0v) is 12.8. The molecule has 0 saturated heterocycles. The standard InChI is InChI=1S/C15H18BrN3/c1-17-14(15-13(16)9-18-19(15)2)12-7-10-5-3-4-6-11(10)8-12/h3-6,9,12,14,17H,7-8H2,1-2H3. The summed E-state index contributed by atoms with van der Waals surface area (Å²) in [4.78, 5) is 0. The van der Waals surface area contributed by atoms with E-state index in [-0.39, 0.29) is 0 Å². The third-order valence-corrected chi connectivity index (χ3v) is 4.71. The minimum Gasteiger partial charge on any atom is -0.311 e. The molecule has 3 nitrogen and oxygen atoms in total. The molecule has 1 atom stereocenters. The lowest BCUT2D eigenvalue weighted by Crippen LogP contribution is -2.28. The van der Waals surface area contributed by atoms with Gasteiger partial charge in [-0.15, -0.1) is 0 Å². The number of halogens is 1. The number of hydrogen-bond donors (Lipinski definition) is 1. The maximum Gasteiger partial charge on any atom is 0.0695 e. The molecule has 1 aromatic carbocycles. The second-order valence-electron chi connectivity index (χ2n) is 5.20. The Labute approximate surface area is 122 Å². The number of benzene rings is 1. The summed E-state index contributed by atoms with van der Waals surface area (Å²) in [7, 11) is 4.04. The van der Waals surface area contributed by atoms with Gasteiger partial charge in [0, 0.05) is 7.05 Å². The Morgan fingerprint density at radius 2 is 1.95 bits per heavy atom. The minimum atomic E-state index is 0.328. The van der Waals surface area contributed by atoms with Gasteiger partial charge in [0.1, 0.15) is 0 Å². The molecule has 0 spiro atoms. The number of rotatable bonds is 3. The van der Waals surface area contributed by atoms with Gasteiger partial charge in [0.05, 0.1) is 22.4 Å². The summed E-state index contributed by atoms with van der Waals surface area (Å²) >= 11 is 3.62. The van der Waals surface area contributed by atoms with Crippen LogP contribution in [0, 0.1) is 5.92 Å². The van der Waals surface area contributed by atoms with E-state index in [9.17, 15) is 0 Å². The van der Waals surface area contributed by atoms with Crippen LogP contribution in [0.2, 0.25) is 0 Å². The van der Waals surface area contributed by atoms with E-state index in [1.807, 2.05) is 25.0 Å². The Balaban J connectivity index is 1.90. The third kappa shape index (κ3) is 2.23. The van der Waals surface area contributed by atoms with Crippen molar-refractivity contribution < 1.29 is 0 Å². The van der Waals surface area contributed by atoms with E-state index in [2.05, 4.69) is 50.6 Å². The molecule has 1 unspecified atom stereocenters. The average molecular weight is 320 g/mol. The summed E-state index contributed by atoms with van der Waals surface area (Å²) in [6.45, 7) is 0. The minimum absolute atomic E-state index is 0.328. The molecule has 4 heteroatoms. The lowest BCUT2D eigenvalue weighted by Gasteiger charge is -2.23. The van der Waals surface area contributed by atoms with Gasteiger partial charge in [-0.2, -0.15) is 5.10 Å². The molecule has 1 aliphatic rings. The van der Waals surface area contributed by atoms with Crippen LogP contribution in [0.3, 0.4) is 0 Å². The number of aryl methyl sites for hydroxylation is 1. The molecule has 1 aliphatic carbocycles. The first kappa shape index (κ1) is 12.9. The molecule has 0 radical (unpaired) electrons. The van der Waals surface area contributed by atoms with Crippen LogP contribution in [0.1, 0.15) is 22.9 Å². The molecule has 2 aromatic rings. The zero-order valence-electron chi connectivity index (χ0n) is 11.2. The van der Waals surface area contributed by atoms with E-state index in [0.29, 0.717) is 12.0 Å². The van der Waals surface area contributed by atoms with Gasteiger partial charge in [0.25, 0.3) is 0 Å². The van der Waals surface area contributed by atoms with Gasteiger partial charge in [0.15, 0.2) is 0 Å². The maximum atomic E-state index is 4.34. The Bertz CT molecular complexity index is 546. The van der Waals surface area contributed by atoms with Crippen molar-refractivity contribution in [3.05, 3.63) is 51.8 Å². The lowest BCUT2D eigenvalue weighted by molar-refractivity contribution is 0.376. The van der Waals surface area contributed by atoms with Crippen molar-refractivity contribution in [2.24, 2.45) is 13.0 Å². The van der Waals surface area contributed by atoms with Crippen LogP contribution in [0.25, 0.3) is 0 Å². The van der Waals surface area contributed by atoms with Gasteiger partial charge in [-0.25, -0.2) is 0 Å². The average Bonchev–Trinajstić information content (AvgIpc) is 2.97. The van der Waals surface area contributed by atoms with Gasteiger partial charge >= 0.3 is 0 Å². The summed E-state index contributed by atoms with van der Waals surface area (Å²) in [6, 6.07) is 9.10. The molecule has 0 saturated carbocycles. The van der Waals surface area contributed by atoms with Gasteiger partial charge in [-0.05, 0) is 52.9 Å². The largest absolute Gasteiger partial charge is 0.311 e. The van der Waals surface area contributed by atoms with Crippen LogP contribution in [0.15, 0.2) is 34.9 Å². The Morgan fingerprint density at radius 1 is 1.32 bits per heavy atom. The zero-order chi connectivity index (χ0) is 13.4. The molecule has 0 aliphatic heterocycles. The van der Waals surface area contributed by atoms with Crippen LogP contribution in [-0.2, 0) is 19.9 Å². The van der Waals surface area contributed by atoms with Crippen LogP contribution >= 0.6 is 15.9 Å². The van der Waals surface area contributed by atoms with Crippen molar-refractivity contribution in [1.82, 2.24) is 15.1 Å². The molecule has 1 heterocycles. The third-order valence-electron chi connectivity index (χ3n) is 4.10. The summed E-state index contributed by atoms with van der Waals surface area (Å²) in [5.74, 6) is 0.592. The number of nitrogens with one attached hydrogen (secondary N) is 1. The summed E-state index contributed by atoms with van der Waals surface area (Å²) in [5.41, 5.74) is 4.22. The Hall–Kier alpha value is -1.13. The molecule has 0 fully saturated rings. The van der Waals surface area contributed by atoms with Gasteiger partial charge < -0.3 is 5.32 Å². The fraction of sp³-hybridized carbons (Fsp3) is 0.400. The van der Waals surface area contributed by atoms with Crippen LogP contribution in [0.4, 0.5) is 0 Å². The van der Waals surface area contributed by atoms with Gasteiger partial charge in [0.2, 0.25) is 0 Å². The number of hydrogen-bond acceptors (Lipinski definition) is 2. The van der Waals surface area contributed by atoms with Crippen molar-refractivity contribution in [1.29, 1.82) is 0 Å². The fourth-order valence-electron chi connectivity index (χ4n) is 3.19. The fourth-order valence-corrected chi connectivity index (χ4v) is 3.79. The Morgan fingerprint density at radius 3 is 2.42 bits per heavy atom. The molecule has 19 heavy (non-hydrogen) atoms. The topological polar surface area (TPSA) is 29.9 Å². The van der Waals surface area contributed by atoms with Crippen molar-refractivity contribution >= 4 is 15.9 Å². The predicted octanol–water partition coefficient (Wildman–Crippen LogP) is 2.86. The number of fused-ring (bicyclic) bond motifs is 1. The first-order valence-electron chi connectivity index (χ1n) is 6.62. The molecular weight excluding hydrogens is 302 g/mol. The van der Waals surface area contributed by atoms with E-state index < -0.39 is 0 Å². The highest BCUT2D eigenvalue weighted by molar-refractivity contribution is 9.10. The molecule has 1 N–H and O–H groups in total. The van der Waals surface area contributed by atoms with E-state index >= 15 is 0 Å². The van der Waals surface area contributed by atoms with Crippen molar-refractivity contribution in [2.75, 3.05) is 7.05 Å². The Kier molecular flexibility index (Phi) is 3.46. The number of aromatic nitrogens is 2. The predicted molar refractivity (Wildman–Crippen MR) is 80.0 cm³/mol.